The van der Waals surface area contributed by atoms with Crippen LogP contribution < -0.4 is 9.46 Å². The van der Waals surface area contributed by atoms with Gasteiger partial charge in [-0.1, -0.05) is 24.3 Å². The highest BCUT2D eigenvalue weighted by atomic mass is 32.2. The third-order valence-corrected chi connectivity index (χ3v) is 7.24. The molecule has 2 aromatic heterocycles. The maximum absolute atomic E-state index is 12.1. The van der Waals surface area contributed by atoms with Crippen LogP contribution in [0.5, 0.6) is 5.88 Å². The van der Waals surface area contributed by atoms with Crippen LogP contribution in [0.25, 0.3) is 22.3 Å². The molecule has 1 aromatic carbocycles. The molecular weight excluding hydrogens is 456 g/mol. The van der Waals surface area contributed by atoms with Gasteiger partial charge in [0.1, 0.15) is 12.7 Å². The molecule has 3 aromatic rings. The Morgan fingerprint density at radius 3 is 2.71 bits per heavy atom. The summed E-state index contributed by atoms with van der Waals surface area (Å²) < 4.78 is 39.6. The van der Waals surface area contributed by atoms with E-state index in [0.29, 0.717) is 22.6 Å². The molecule has 0 spiro atoms. The fourth-order valence-corrected chi connectivity index (χ4v) is 4.56. The zero-order valence-electron chi connectivity index (χ0n) is 19.2. The highest BCUT2D eigenvalue weighted by Crippen LogP contribution is 2.29. The smallest absolute Gasteiger partial charge is 0.279 e. The molecule has 1 aliphatic heterocycles. The molecule has 34 heavy (non-hydrogen) atoms. The van der Waals surface area contributed by atoms with Crippen LogP contribution in [0.2, 0.25) is 0 Å². The summed E-state index contributed by atoms with van der Waals surface area (Å²) >= 11 is 0. The van der Waals surface area contributed by atoms with E-state index in [9.17, 15) is 13.7 Å². The molecule has 10 nitrogen and oxygen atoms in total. The number of rotatable bonds is 7. The van der Waals surface area contributed by atoms with E-state index < -0.39 is 21.7 Å². The number of nitrogens with one attached hydrogen (secondary N) is 1. The Morgan fingerprint density at radius 1 is 1.26 bits per heavy atom. The first-order valence-corrected chi connectivity index (χ1v) is 12.2. The van der Waals surface area contributed by atoms with Crippen molar-refractivity contribution in [3.63, 3.8) is 0 Å². The number of morpholine rings is 1. The Hall–Kier alpha value is -3.17. The predicted octanol–water partition coefficient (Wildman–Crippen LogP) is 2.04. The lowest BCUT2D eigenvalue weighted by Gasteiger charge is -2.31. The van der Waals surface area contributed by atoms with Crippen LogP contribution in [0.4, 0.5) is 0 Å². The van der Waals surface area contributed by atoms with E-state index in [-0.39, 0.29) is 26.3 Å². The van der Waals surface area contributed by atoms with E-state index in [2.05, 4.69) is 25.7 Å². The second-order valence-corrected chi connectivity index (χ2v) is 10.3. The number of hydrogen-bond acceptors (Lipinski definition) is 8. The quantitative estimate of drug-likeness (QED) is 0.541. The van der Waals surface area contributed by atoms with Crippen LogP contribution in [0.3, 0.4) is 0 Å². The molecule has 4 rings (SSSR count). The number of benzene rings is 1. The highest BCUT2D eigenvalue weighted by molar-refractivity contribution is 7.87. The zero-order valence-corrected chi connectivity index (χ0v) is 20.0. The summed E-state index contributed by atoms with van der Waals surface area (Å²) in [5.41, 5.74) is 2.93. The zero-order chi connectivity index (χ0) is 24.3. The number of nitriles is 1. The molecule has 1 aliphatic rings. The standard InChI is InChI=1S/C23H26N6O4S/c1-23(2,15-24)17-6-4-16(5-7-17)19-12-20-21(27-9-8-26-20)22(28-19)33-14-18-13-29(10-11-32-18)34(30,31)25-3/h4-9,12,18,25H,10-11,13-14H2,1-3H3. The van der Waals surface area contributed by atoms with Crippen molar-refractivity contribution in [2.45, 2.75) is 25.4 Å². The van der Waals surface area contributed by atoms with Gasteiger partial charge in [0, 0.05) is 38.1 Å². The van der Waals surface area contributed by atoms with Crippen LogP contribution in [-0.2, 0) is 20.4 Å². The number of hydrogen-bond donors (Lipinski definition) is 1. The monoisotopic (exact) mass is 482 g/mol. The van der Waals surface area contributed by atoms with Gasteiger partial charge in [0.25, 0.3) is 10.2 Å². The van der Waals surface area contributed by atoms with Crippen LogP contribution in [0.1, 0.15) is 19.4 Å². The first-order valence-electron chi connectivity index (χ1n) is 10.8. The van der Waals surface area contributed by atoms with Crippen molar-refractivity contribution in [2.75, 3.05) is 33.4 Å². The van der Waals surface area contributed by atoms with Crippen molar-refractivity contribution >= 4 is 21.2 Å². The van der Waals surface area contributed by atoms with Crippen LogP contribution >= 0.6 is 0 Å². The molecule has 3 heterocycles. The fraction of sp³-hybridized carbons (Fsp3) is 0.391. The van der Waals surface area contributed by atoms with E-state index in [0.717, 1.165) is 11.1 Å². The SMILES string of the molecule is CNS(=O)(=O)N1CCOC(COc2nc(-c3ccc(C(C)(C)C#N)cc3)cc3nccnc23)C1. The first kappa shape index (κ1) is 24.0. The van der Waals surface area contributed by atoms with Gasteiger partial charge >= 0.3 is 0 Å². The molecule has 0 saturated carbocycles. The molecule has 1 atom stereocenters. The lowest BCUT2D eigenvalue weighted by atomic mass is 9.86. The fourth-order valence-electron chi connectivity index (χ4n) is 3.63. The van der Waals surface area contributed by atoms with Gasteiger partial charge in [0.05, 0.1) is 29.3 Å². The number of pyridine rings is 1. The van der Waals surface area contributed by atoms with Crippen LogP contribution in [-0.4, -0.2) is 67.1 Å². The highest BCUT2D eigenvalue weighted by Gasteiger charge is 2.29. The van der Waals surface area contributed by atoms with Gasteiger partial charge in [-0.25, -0.2) is 14.7 Å². The summed E-state index contributed by atoms with van der Waals surface area (Å²) in [6, 6.07) is 11.8. The van der Waals surface area contributed by atoms with Crippen molar-refractivity contribution in [1.29, 1.82) is 5.26 Å². The largest absolute Gasteiger partial charge is 0.473 e. The first-order chi connectivity index (χ1) is 16.2. The van der Waals surface area contributed by atoms with E-state index in [4.69, 9.17) is 9.47 Å². The molecule has 1 unspecified atom stereocenters. The molecule has 1 fully saturated rings. The van der Waals surface area contributed by atoms with Crippen LogP contribution in [0.15, 0.2) is 42.7 Å². The van der Waals surface area contributed by atoms with Crippen molar-refractivity contribution in [3.8, 4) is 23.2 Å². The number of nitrogens with zero attached hydrogens (tertiary/aromatic N) is 5. The molecular formula is C23H26N6O4S. The van der Waals surface area contributed by atoms with Gasteiger partial charge in [-0.3, -0.25) is 4.98 Å². The summed E-state index contributed by atoms with van der Waals surface area (Å²) in [6.45, 7) is 4.56. The number of aromatic nitrogens is 3. The maximum Gasteiger partial charge on any atom is 0.279 e. The summed E-state index contributed by atoms with van der Waals surface area (Å²) in [7, 11) is -2.16. The molecule has 1 saturated heterocycles. The van der Waals surface area contributed by atoms with Crippen molar-refractivity contribution < 1.29 is 17.9 Å². The molecule has 0 aliphatic carbocycles. The minimum Gasteiger partial charge on any atom is -0.473 e. The van der Waals surface area contributed by atoms with E-state index in [1.807, 2.05) is 44.2 Å². The summed E-state index contributed by atoms with van der Waals surface area (Å²) in [6.07, 6.45) is 2.70. The Balaban J connectivity index is 1.59. The Kier molecular flexibility index (Phi) is 6.77. The van der Waals surface area contributed by atoms with E-state index in [1.165, 1.54) is 11.4 Å². The summed E-state index contributed by atoms with van der Waals surface area (Å²) in [4.78, 5) is 13.4. The van der Waals surface area contributed by atoms with Gasteiger partial charge < -0.3 is 9.47 Å². The van der Waals surface area contributed by atoms with Crippen LogP contribution in [0, 0.1) is 11.3 Å². The lowest BCUT2D eigenvalue weighted by Crippen LogP contribution is -2.50. The minimum atomic E-state index is -3.54. The molecule has 0 bridgehead atoms. The van der Waals surface area contributed by atoms with Gasteiger partial charge in [-0.05, 0) is 25.5 Å². The van der Waals surface area contributed by atoms with Crippen molar-refractivity contribution in [3.05, 3.63) is 48.3 Å². The average molecular weight is 483 g/mol. The third kappa shape index (κ3) is 5.00. The van der Waals surface area contributed by atoms with Gasteiger partial charge in [-0.15, -0.1) is 0 Å². The van der Waals surface area contributed by atoms with E-state index >= 15 is 0 Å². The van der Waals surface area contributed by atoms with E-state index in [1.54, 1.807) is 12.4 Å². The topological polar surface area (TPSA) is 130 Å². The molecule has 0 radical (unpaired) electrons. The number of fused-ring (bicyclic) bond motifs is 1. The lowest BCUT2D eigenvalue weighted by molar-refractivity contribution is -0.0256. The van der Waals surface area contributed by atoms with Gasteiger partial charge in [0.15, 0.2) is 5.52 Å². The normalized spacial score (nSPS) is 17.4. The van der Waals surface area contributed by atoms with Crippen molar-refractivity contribution in [1.82, 2.24) is 24.0 Å². The Labute approximate surface area is 198 Å². The molecule has 11 heteroatoms. The second-order valence-electron chi connectivity index (χ2n) is 8.42. The Morgan fingerprint density at radius 2 is 2.00 bits per heavy atom. The Bertz CT molecular complexity index is 1320. The molecule has 178 valence electrons. The van der Waals surface area contributed by atoms with Gasteiger partial charge in [-0.2, -0.15) is 18.0 Å². The predicted molar refractivity (Wildman–Crippen MR) is 126 cm³/mol. The maximum atomic E-state index is 12.1. The second kappa shape index (κ2) is 9.60. The molecule has 1 N–H and O–H groups in total. The summed E-state index contributed by atoms with van der Waals surface area (Å²) in [5.74, 6) is 0.291. The minimum absolute atomic E-state index is 0.104. The van der Waals surface area contributed by atoms with Gasteiger partial charge in [0.2, 0.25) is 5.88 Å². The summed E-state index contributed by atoms with van der Waals surface area (Å²) in [5, 5.41) is 9.39. The van der Waals surface area contributed by atoms with Crippen molar-refractivity contribution in [2.24, 2.45) is 0 Å². The average Bonchev–Trinajstić information content (AvgIpc) is 2.87. The molecule has 0 amide bonds. The number of ether oxygens (including phenoxy) is 2. The third-order valence-electron chi connectivity index (χ3n) is 5.71.